The quantitative estimate of drug-likeness (QED) is 0.556. The molecular weight excluding hydrogens is 216 g/mol. The summed E-state index contributed by atoms with van der Waals surface area (Å²) in [5.41, 5.74) is -0.502. The lowest BCUT2D eigenvalue weighted by Gasteiger charge is -2.37. The number of terminal acetylenes is 1. The highest BCUT2D eigenvalue weighted by molar-refractivity contribution is 5.89. The summed E-state index contributed by atoms with van der Waals surface area (Å²) in [6, 6.07) is 0. The maximum atomic E-state index is 12.2. The SMILES string of the molecule is C#CCC1CCC(CC)(CC(=O)OC)C(=O)C1. The standard InChI is InChI=1S/C14H20O3/c1-4-6-11-7-8-14(5-2,12(15)9-11)10-13(16)17-3/h1,11H,5-10H2,2-3H3. The first-order chi connectivity index (χ1) is 8.07. The highest BCUT2D eigenvalue weighted by atomic mass is 16.5. The number of ketones is 1. The number of hydrogen-bond donors (Lipinski definition) is 0. The third-order valence-corrected chi connectivity index (χ3v) is 3.89. The second kappa shape index (κ2) is 5.86. The van der Waals surface area contributed by atoms with Crippen LogP contribution in [0.15, 0.2) is 0 Å². The van der Waals surface area contributed by atoms with E-state index >= 15 is 0 Å². The van der Waals surface area contributed by atoms with Crippen LogP contribution in [0.25, 0.3) is 0 Å². The zero-order valence-electron chi connectivity index (χ0n) is 10.6. The second-order valence-electron chi connectivity index (χ2n) is 4.83. The summed E-state index contributed by atoms with van der Waals surface area (Å²) < 4.78 is 4.68. The minimum atomic E-state index is -0.502. The monoisotopic (exact) mass is 236 g/mol. The van der Waals surface area contributed by atoms with E-state index in [1.807, 2.05) is 6.92 Å². The van der Waals surface area contributed by atoms with E-state index in [1.54, 1.807) is 0 Å². The van der Waals surface area contributed by atoms with Crippen molar-refractivity contribution in [2.24, 2.45) is 11.3 Å². The topological polar surface area (TPSA) is 43.4 Å². The normalized spacial score (nSPS) is 28.5. The van der Waals surface area contributed by atoms with Gasteiger partial charge in [0.05, 0.1) is 13.5 Å². The van der Waals surface area contributed by atoms with Crippen molar-refractivity contribution in [3.63, 3.8) is 0 Å². The summed E-state index contributed by atoms with van der Waals surface area (Å²) in [7, 11) is 1.36. The number of carbonyl (C=O) groups excluding carboxylic acids is 2. The van der Waals surface area contributed by atoms with Gasteiger partial charge < -0.3 is 4.74 Å². The van der Waals surface area contributed by atoms with Gasteiger partial charge in [-0.15, -0.1) is 12.3 Å². The number of methoxy groups -OCH3 is 1. The predicted molar refractivity (Wildman–Crippen MR) is 65.2 cm³/mol. The molecule has 0 radical (unpaired) electrons. The van der Waals surface area contributed by atoms with Crippen LogP contribution in [-0.2, 0) is 14.3 Å². The van der Waals surface area contributed by atoms with Gasteiger partial charge in [-0.25, -0.2) is 0 Å². The summed E-state index contributed by atoms with van der Waals surface area (Å²) in [5.74, 6) is 2.79. The van der Waals surface area contributed by atoms with Crippen molar-refractivity contribution >= 4 is 11.8 Å². The van der Waals surface area contributed by atoms with Gasteiger partial charge in [0.1, 0.15) is 5.78 Å². The summed E-state index contributed by atoms with van der Waals surface area (Å²) in [6.45, 7) is 1.96. The van der Waals surface area contributed by atoms with Gasteiger partial charge in [0, 0.05) is 18.3 Å². The molecule has 3 nitrogen and oxygen atoms in total. The molecule has 0 spiro atoms. The van der Waals surface area contributed by atoms with Crippen LogP contribution in [0.5, 0.6) is 0 Å². The van der Waals surface area contributed by atoms with E-state index in [0.717, 1.165) is 12.8 Å². The Morgan fingerprint density at radius 1 is 1.65 bits per heavy atom. The maximum absolute atomic E-state index is 12.2. The molecule has 17 heavy (non-hydrogen) atoms. The molecule has 1 saturated carbocycles. The molecule has 0 N–H and O–H groups in total. The largest absolute Gasteiger partial charge is 0.469 e. The molecule has 0 amide bonds. The number of rotatable bonds is 4. The van der Waals surface area contributed by atoms with Crippen molar-refractivity contribution in [3.8, 4) is 12.3 Å². The van der Waals surface area contributed by atoms with Gasteiger partial charge in [-0.2, -0.15) is 0 Å². The third kappa shape index (κ3) is 3.09. The minimum Gasteiger partial charge on any atom is -0.469 e. The van der Waals surface area contributed by atoms with Gasteiger partial charge in [-0.05, 0) is 25.2 Å². The van der Waals surface area contributed by atoms with Crippen molar-refractivity contribution < 1.29 is 14.3 Å². The van der Waals surface area contributed by atoms with Crippen molar-refractivity contribution in [1.29, 1.82) is 0 Å². The van der Waals surface area contributed by atoms with Crippen molar-refractivity contribution in [2.75, 3.05) is 7.11 Å². The first-order valence-corrected chi connectivity index (χ1v) is 6.11. The first-order valence-electron chi connectivity index (χ1n) is 6.11. The van der Waals surface area contributed by atoms with Crippen LogP contribution in [0.2, 0.25) is 0 Å². The maximum Gasteiger partial charge on any atom is 0.306 e. The van der Waals surface area contributed by atoms with E-state index in [0.29, 0.717) is 25.2 Å². The smallest absolute Gasteiger partial charge is 0.306 e. The molecule has 2 atom stereocenters. The molecule has 0 bridgehead atoms. The number of carbonyl (C=O) groups is 2. The van der Waals surface area contributed by atoms with E-state index in [-0.39, 0.29) is 18.2 Å². The molecule has 0 saturated heterocycles. The Balaban J connectivity index is 2.72. The lowest BCUT2D eigenvalue weighted by molar-refractivity contribution is -0.149. The Labute approximate surface area is 103 Å². The van der Waals surface area contributed by atoms with Crippen molar-refractivity contribution in [2.45, 2.75) is 45.4 Å². The van der Waals surface area contributed by atoms with E-state index in [9.17, 15) is 9.59 Å². The fourth-order valence-electron chi connectivity index (χ4n) is 2.58. The molecule has 0 aliphatic heterocycles. The van der Waals surface area contributed by atoms with Gasteiger partial charge in [0.2, 0.25) is 0 Å². The number of esters is 1. The molecule has 1 aliphatic carbocycles. The highest BCUT2D eigenvalue weighted by Gasteiger charge is 2.42. The Kier molecular flexibility index (Phi) is 4.74. The number of ether oxygens (including phenoxy) is 1. The van der Waals surface area contributed by atoms with Crippen LogP contribution in [0, 0.1) is 23.7 Å². The molecule has 94 valence electrons. The van der Waals surface area contributed by atoms with Crippen LogP contribution < -0.4 is 0 Å². The fraction of sp³-hybridized carbons (Fsp3) is 0.714. The zero-order chi connectivity index (χ0) is 12.9. The van der Waals surface area contributed by atoms with Gasteiger partial charge in [-0.1, -0.05) is 6.92 Å². The van der Waals surface area contributed by atoms with Gasteiger partial charge in [-0.3, -0.25) is 9.59 Å². The number of Topliss-reactive ketones (excluding diaryl/α,β-unsaturated/α-hetero) is 1. The average molecular weight is 236 g/mol. The predicted octanol–water partition coefficient (Wildman–Crippen LogP) is 2.34. The second-order valence-corrected chi connectivity index (χ2v) is 4.83. The van der Waals surface area contributed by atoms with Gasteiger partial charge in [0.15, 0.2) is 0 Å². The third-order valence-electron chi connectivity index (χ3n) is 3.89. The Hall–Kier alpha value is -1.30. The molecule has 1 rings (SSSR count). The molecule has 0 aromatic rings. The zero-order valence-corrected chi connectivity index (χ0v) is 10.6. The fourth-order valence-corrected chi connectivity index (χ4v) is 2.58. The van der Waals surface area contributed by atoms with E-state index in [4.69, 9.17) is 6.42 Å². The van der Waals surface area contributed by atoms with E-state index in [1.165, 1.54) is 7.11 Å². The molecular formula is C14H20O3. The Morgan fingerprint density at radius 3 is 2.82 bits per heavy atom. The first kappa shape index (κ1) is 13.8. The van der Waals surface area contributed by atoms with Crippen molar-refractivity contribution in [3.05, 3.63) is 0 Å². The average Bonchev–Trinajstić information content (AvgIpc) is 2.33. The molecule has 3 heteroatoms. The summed E-state index contributed by atoms with van der Waals surface area (Å²) in [6.07, 6.45) is 9.03. The number of hydrogen-bond acceptors (Lipinski definition) is 3. The van der Waals surface area contributed by atoms with Gasteiger partial charge in [0.25, 0.3) is 0 Å². The van der Waals surface area contributed by atoms with Crippen LogP contribution in [0.1, 0.15) is 45.4 Å². The van der Waals surface area contributed by atoms with E-state index < -0.39 is 5.41 Å². The summed E-state index contributed by atoms with van der Waals surface area (Å²) in [5, 5.41) is 0. The van der Waals surface area contributed by atoms with Crippen LogP contribution >= 0.6 is 0 Å². The molecule has 0 aromatic carbocycles. The van der Waals surface area contributed by atoms with Crippen LogP contribution in [0.3, 0.4) is 0 Å². The van der Waals surface area contributed by atoms with Gasteiger partial charge >= 0.3 is 5.97 Å². The lowest BCUT2D eigenvalue weighted by Crippen LogP contribution is -2.38. The molecule has 2 unspecified atom stereocenters. The minimum absolute atomic E-state index is 0.178. The lowest BCUT2D eigenvalue weighted by atomic mass is 9.65. The Bertz CT molecular complexity index is 340. The molecule has 0 heterocycles. The molecule has 1 fully saturated rings. The van der Waals surface area contributed by atoms with Crippen molar-refractivity contribution in [1.82, 2.24) is 0 Å². The van der Waals surface area contributed by atoms with E-state index in [2.05, 4.69) is 10.7 Å². The molecule has 1 aliphatic rings. The summed E-state index contributed by atoms with van der Waals surface area (Å²) in [4.78, 5) is 23.6. The van der Waals surface area contributed by atoms with Crippen LogP contribution in [0.4, 0.5) is 0 Å². The molecule has 0 aromatic heterocycles. The summed E-state index contributed by atoms with van der Waals surface area (Å²) >= 11 is 0. The Morgan fingerprint density at radius 2 is 2.35 bits per heavy atom. The highest BCUT2D eigenvalue weighted by Crippen LogP contribution is 2.42. The van der Waals surface area contributed by atoms with Crippen LogP contribution in [-0.4, -0.2) is 18.9 Å².